The Morgan fingerprint density at radius 1 is 0.319 bits per heavy atom. The van der Waals surface area contributed by atoms with Gasteiger partial charge in [-0.05, 0) is 199 Å². The molecule has 0 spiro atoms. The van der Waals surface area contributed by atoms with Crippen molar-refractivity contribution in [1.82, 2.24) is 0 Å². The third-order valence-electron chi connectivity index (χ3n) is 15.8. The molecule has 0 N–H and O–H groups in total. The smallest absolute Gasteiger partial charge is 0.0464 e. The van der Waals surface area contributed by atoms with E-state index in [-0.39, 0.29) is 10.8 Å². The molecule has 10 aromatic rings. The summed E-state index contributed by atoms with van der Waals surface area (Å²) >= 11 is 0. The Bertz CT molecular complexity index is 3750. The minimum atomic E-state index is -0.131. The molecule has 1 heteroatoms. The maximum atomic E-state index is 2.43. The van der Waals surface area contributed by atoms with Gasteiger partial charge in [0.2, 0.25) is 0 Å². The summed E-state index contributed by atoms with van der Waals surface area (Å²) in [6, 6.07) is 81.8. The summed E-state index contributed by atoms with van der Waals surface area (Å²) < 4.78 is 0. The van der Waals surface area contributed by atoms with Gasteiger partial charge in [-0.3, -0.25) is 0 Å². The molecule has 1 nitrogen and oxygen atoms in total. The van der Waals surface area contributed by atoms with E-state index >= 15 is 0 Å². The third kappa shape index (κ3) is 7.72. The van der Waals surface area contributed by atoms with Crippen LogP contribution in [0, 0.1) is 13.8 Å². The fourth-order valence-corrected chi connectivity index (χ4v) is 11.8. The first kappa shape index (κ1) is 44.9. The molecule has 0 atom stereocenters. The van der Waals surface area contributed by atoms with Crippen LogP contribution < -0.4 is 4.90 Å². The Labute approximate surface area is 426 Å². The highest BCUT2D eigenvalue weighted by Gasteiger charge is 2.37. The maximum Gasteiger partial charge on any atom is 0.0464 e. The molecule has 0 saturated heterocycles. The summed E-state index contributed by atoms with van der Waals surface area (Å²) in [7, 11) is 0. The van der Waals surface area contributed by atoms with Gasteiger partial charge in [-0.15, -0.1) is 0 Å². The molecule has 0 amide bonds. The van der Waals surface area contributed by atoms with Gasteiger partial charge in [-0.25, -0.2) is 0 Å². The quantitative estimate of drug-likeness (QED) is 0.139. The SMILES string of the molecule is C/C=C/c1cccc(-c2cccc(-c3ccc(N(c4ccc(-c5ccc6c(c5)C(C)(C)c5cc(-c7ccc(C)cc7)ccc5-6)cc4)c4ccc(-c5ccc6c(c5)C(C)(C)c5ccccc5-6)c(C)c4)cc3)c2)c1. The second kappa shape index (κ2) is 17.5. The number of nitrogens with zero attached hydrogens (tertiary/aromatic N) is 1. The van der Waals surface area contributed by atoms with Gasteiger partial charge in [0, 0.05) is 27.9 Å². The molecule has 0 aromatic heterocycles. The maximum absolute atomic E-state index is 2.43. The monoisotopic (exact) mass is 925 g/mol. The molecule has 0 aliphatic heterocycles. The summed E-state index contributed by atoms with van der Waals surface area (Å²) in [6.45, 7) is 15.9. The fraction of sp³-hybridized carbons (Fsp3) is 0.127. The van der Waals surface area contributed by atoms with E-state index in [2.05, 4.69) is 284 Å². The summed E-state index contributed by atoms with van der Waals surface area (Å²) in [5.41, 5.74) is 30.1. The second-order valence-corrected chi connectivity index (χ2v) is 21.1. The summed E-state index contributed by atoms with van der Waals surface area (Å²) in [5, 5.41) is 0. The molecular weight excluding hydrogens is 867 g/mol. The zero-order valence-electron chi connectivity index (χ0n) is 42.4. The van der Waals surface area contributed by atoms with Crippen molar-refractivity contribution in [2.24, 2.45) is 0 Å². The van der Waals surface area contributed by atoms with E-state index in [1.165, 1.54) is 117 Å². The third-order valence-corrected chi connectivity index (χ3v) is 15.8. The molecule has 2 aliphatic rings. The van der Waals surface area contributed by atoms with Crippen molar-refractivity contribution in [3.05, 3.63) is 263 Å². The van der Waals surface area contributed by atoms with E-state index in [9.17, 15) is 0 Å². The minimum absolute atomic E-state index is 0.0590. The zero-order valence-corrected chi connectivity index (χ0v) is 42.4. The predicted molar refractivity (Wildman–Crippen MR) is 308 cm³/mol. The number of benzene rings is 10. The highest BCUT2D eigenvalue weighted by Crippen LogP contribution is 2.52. The van der Waals surface area contributed by atoms with E-state index in [4.69, 9.17) is 0 Å². The predicted octanol–water partition coefficient (Wildman–Crippen LogP) is 19.8. The van der Waals surface area contributed by atoms with Crippen molar-refractivity contribution in [3.8, 4) is 77.9 Å². The first-order chi connectivity index (χ1) is 34.9. The van der Waals surface area contributed by atoms with Gasteiger partial charge in [-0.2, -0.15) is 0 Å². The number of allylic oxidation sites excluding steroid dienone is 1. The molecular formula is C71H59N. The van der Waals surface area contributed by atoms with E-state index in [0.717, 1.165) is 17.1 Å². The fourth-order valence-electron chi connectivity index (χ4n) is 11.8. The lowest BCUT2D eigenvalue weighted by atomic mass is 9.81. The van der Waals surface area contributed by atoms with Gasteiger partial charge in [0.1, 0.15) is 0 Å². The standard InChI is InChI=1S/C71H59N/c1-8-13-48-14-11-15-52(41-48)54-17-12-16-53(42-54)50-24-31-58(32-25-50)72(60-35-39-61(47(3)40-60)57-30-38-63-62-18-9-10-19-66(62)70(4,5)69(63)45-57)59-33-26-51(27-34-59)56-29-37-65-64-36-28-55(49-22-20-46(2)21-23-49)43-67(64)71(6,7)68(65)44-56/h8-45H,1-7H3/b13-8+. The van der Waals surface area contributed by atoms with Crippen LogP contribution in [0.4, 0.5) is 17.1 Å². The summed E-state index contributed by atoms with van der Waals surface area (Å²) in [5.74, 6) is 0. The number of anilines is 3. The number of aryl methyl sites for hydroxylation is 2. The molecule has 72 heavy (non-hydrogen) atoms. The van der Waals surface area contributed by atoms with Crippen LogP contribution in [0.5, 0.6) is 0 Å². The van der Waals surface area contributed by atoms with Crippen LogP contribution >= 0.6 is 0 Å². The molecule has 0 unspecified atom stereocenters. The lowest BCUT2D eigenvalue weighted by Crippen LogP contribution is -2.15. The minimum Gasteiger partial charge on any atom is -0.310 e. The number of hydrogen-bond donors (Lipinski definition) is 0. The lowest BCUT2D eigenvalue weighted by molar-refractivity contribution is 0.660. The van der Waals surface area contributed by atoms with Crippen LogP contribution in [0.15, 0.2) is 224 Å². The average molecular weight is 926 g/mol. The molecule has 0 fully saturated rings. The normalized spacial score (nSPS) is 13.7. The van der Waals surface area contributed by atoms with Crippen LogP contribution in [-0.4, -0.2) is 0 Å². The van der Waals surface area contributed by atoms with Gasteiger partial charge in [0.05, 0.1) is 0 Å². The van der Waals surface area contributed by atoms with Crippen LogP contribution in [0.25, 0.3) is 84.0 Å². The first-order valence-electron chi connectivity index (χ1n) is 25.5. The van der Waals surface area contributed by atoms with Crippen molar-refractivity contribution < 1.29 is 0 Å². The number of rotatable bonds is 9. The second-order valence-electron chi connectivity index (χ2n) is 21.1. The molecule has 0 heterocycles. The molecule has 10 aromatic carbocycles. The van der Waals surface area contributed by atoms with E-state index in [0.29, 0.717) is 0 Å². The van der Waals surface area contributed by atoms with Gasteiger partial charge in [0.15, 0.2) is 0 Å². The van der Waals surface area contributed by atoms with Crippen molar-refractivity contribution in [2.45, 2.75) is 59.3 Å². The van der Waals surface area contributed by atoms with Crippen molar-refractivity contribution >= 4 is 23.1 Å². The Kier molecular flexibility index (Phi) is 10.9. The highest BCUT2D eigenvalue weighted by molar-refractivity contribution is 5.88. The Balaban J connectivity index is 0.891. The van der Waals surface area contributed by atoms with E-state index in [1.807, 2.05) is 0 Å². The van der Waals surface area contributed by atoms with Crippen LogP contribution in [0.3, 0.4) is 0 Å². The van der Waals surface area contributed by atoms with E-state index < -0.39 is 0 Å². The molecule has 0 bridgehead atoms. The highest BCUT2D eigenvalue weighted by atomic mass is 15.1. The topological polar surface area (TPSA) is 3.24 Å². The first-order valence-corrected chi connectivity index (χ1v) is 25.5. The van der Waals surface area contributed by atoms with Gasteiger partial charge >= 0.3 is 0 Å². The molecule has 12 rings (SSSR count). The Morgan fingerprint density at radius 2 is 0.736 bits per heavy atom. The van der Waals surface area contributed by atoms with Crippen molar-refractivity contribution in [1.29, 1.82) is 0 Å². The molecule has 0 saturated carbocycles. The van der Waals surface area contributed by atoms with Crippen LogP contribution in [-0.2, 0) is 10.8 Å². The van der Waals surface area contributed by atoms with Gasteiger partial charge in [0.25, 0.3) is 0 Å². The number of hydrogen-bond acceptors (Lipinski definition) is 1. The largest absolute Gasteiger partial charge is 0.310 e. The molecule has 348 valence electrons. The average Bonchev–Trinajstić information content (AvgIpc) is 3.78. The zero-order chi connectivity index (χ0) is 49.3. The summed E-state index contributed by atoms with van der Waals surface area (Å²) in [6.07, 6.45) is 4.25. The summed E-state index contributed by atoms with van der Waals surface area (Å²) in [4.78, 5) is 2.41. The molecule has 2 aliphatic carbocycles. The van der Waals surface area contributed by atoms with Gasteiger partial charge in [-0.1, -0.05) is 197 Å². The Morgan fingerprint density at radius 3 is 1.31 bits per heavy atom. The van der Waals surface area contributed by atoms with E-state index in [1.54, 1.807) is 0 Å². The lowest BCUT2D eigenvalue weighted by Gasteiger charge is -2.27. The van der Waals surface area contributed by atoms with Crippen LogP contribution in [0.2, 0.25) is 0 Å². The van der Waals surface area contributed by atoms with Crippen molar-refractivity contribution in [2.75, 3.05) is 4.90 Å². The van der Waals surface area contributed by atoms with Gasteiger partial charge < -0.3 is 4.90 Å². The molecule has 0 radical (unpaired) electrons. The van der Waals surface area contributed by atoms with Crippen LogP contribution in [0.1, 0.15) is 73.6 Å². The Hall–Kier alpha value is -8.26. The number of fused-ring (bicyclic) bond motifs is 6. The van der Waals surface area contributed by atoms with Crippen molar-refractivity contribution in [3.63, 3.8) is 0 Å².